The van der Waals surface area contributed by atoms with E-state index in [1.54, 1.807) is 14.2 Å². The first-order valence-corrected chi connectivity index (χ1v) is 16.0. The first-order valence-electron chi connectivity index (χ1n) is 13.8. The Kier molecular flexibility index (Phi) is 30.9. The van der Waals surface area contributed by atoms with Gasteiger partial charge in [-0.15, -0.1) is 5.54 Å². The van der Waals surface area contributed by atoms with E-state index in [-0.39, 0.29) is 24.2 Å². The topological polar surface area (TPSA) is 140 Å². The number of para-hydroxylation sites is 1. The molecule has 47 heavy (non-hydrogen) atoms. The van der Waals surface area contributed by atoms with Gasteiger partial charge in [0.2, 0.25) is 6.79 Å². The van der Waals surface area contributed by atoms with E-state index in [4.69, 9.17) is 42.2 Å². The van der Waals surface area contributed by atoms with Gasteiger partial charge in [-0.3, -0.25) is 4.90 Å². The molecule has 0 saturated heterocycles. The van der Waals surface area contributed by atoms with Crippen molar-refractivity contribution in [1.29, 1.82) is 0 Å². The summed E-state index contributed by atoms with van der Waals surface area (Å²) in [5, 5.41) is 0. The van der Waals surface area contributed by atoms with Crippen LogP contribution in [0.5, 0.6) is 23.0 Å². The average Bonchev–Trinajstić information content (AvgIpc) is 3.58. The monoisotopic (exact) mass is 699 g/mol. The Hall–Kier alpha value is -3.39. The zero-order valence-electron chi connectivity index (χ0n) is 28.3. The molecule has 3 rings (SSSR count). The van der Waals surface area contributed by atoms with E-state index in [0.29, 0.717) is 22.4 Å². The van der Waals surface area contributed by atoms with Gasteiger partial charge in [0.25, 0.3) is 0 Å². The predicted molar refractivity (Wildman–Crippen MR) is 168 cm³/mol. The minimum atomic E-state index is -1.87. The van der Waals surface area contributed by atoms with Gasteiger partial charge in [-0.2, -0.15) is 0 Å². The fraction of sp³-hybridized carbons (Fsp3) is 0.429. The molecule has 250 valence electrons. The molecule has 0 amide bonds. The van der Waals surface area contributed by atoms with Crippen LogP contribution in [0.2, 0.25) is 16.6 Å². The van der Waals surface area contributed by atoms with E-state index in [0.717, 1.165) is 46.9 Å². The Morgan fingerprint density at radius 2 is 1.28 bits per heavy atom. The van der Waals surface area contributed by atoms with Crippen molar-refractivity contribution in [2.24, 2.45) is 0 Å². The quantitative estimate of drug-likeness (QED) is 0.0932. The molecule has 0 spiro atoms. The molecule has 2 aromatic rings. The number of methoxy groups -OCH3 is 2. The molecule has 0 bridgehead atoms. The van der Waals surface area contributed by atoms with E-state index < -0.39 is 8.07 Å². The fourth-order valence-electron chi connectivity index (χ4n) is 5.42. The number of hydrogen-bond acceptors (Lipinski definition) is 5. The molecule has 10 nitrogen and oxygen atoms in total. The summed E-state index contributed by atoms with van der Waals surface area (Å²) >= 11 is 0. The predicted octanol–water partition coefficient (Wildman–Crippen LogP) is 6.37. The first kappa shape index (κ1) is 50.5. The normalized spacial score (nSPS) is 10.1. The summed E-state index contributed by atoms with van der Waals surface area (Å²) in [5.74, 6) is 6.58. The number of nitrogens with zero attached hydrogens (tertiary/aromatic N) is 1. The van der Waals surface area contributed by atoms with Crippen molar-refractivity contribution in [1.82, 2.24) is 4.90 Å². The summed E-state index contributed by atoms with van der Waals surface area (Å²) in [4.78, 5) is 2.06. The van der Waals surface area contributed by atoms with Gasteiger partial charge >= 0.3 is 56.5 Å². The SMILES string of the molecule is COc1cc(C#C[Si](C(C)C)(C(C)C)C(C)C)c(CCN(C)[C]c2cccc3c2OCO3)cc1OC.[C-]#[O+].[C-]#[O+].[C-]#[O+].[C-]#[O+].[C-]#[O+].[Cr]. The third-order valence-corrected chi connectivity index (χ3v) is 13.6. The molecule has 0 unspecified atom stereocenters. The number of fused-ring (bicyclic) bond motifs is 1. The summed E-state index contributed by atoms with van der Waals surface area (Å²) in [7, 11) is 3.50. The Morgan fingerprint density at radius 1 is 0.787 bits per heavy atom. The summed E-state index contributed by atoms with van der Waals surface area (Å²) in [6.07, 6.45) is 0.792. The van der Waals surface area contributed by atoms with Crippen LogP contribution >= 0.6 is 0 Å². The van der Waals surface area contributed by atoms with Crippen LogP contribution in [0.3, 0.4) is 0 Å². The average molecular weight is 700 g/mol. The van der Waals surface area contributed by atoms with Crippen molar-refractivity contribution < 1.29 is 59.6 Å². The number of rotatable bonds is 10. The zero-order chi connectivity index (χ0) is 36.5. The van der Waals surface area contributed by atoms with Gasteiger partial charge in [-0.25, -0.2) is 0 Å². The maximum atomic E-state index is 7.50. The maximum Gasteiger partial charge on any atom is 0 e. The van der Waals surface area contributed by atoms with Gasteiger partial charge in [0.05, 0.1) is 14.2 Å². The third kappa shape index (κ3) is 14.5. The van der Waals surface area contributed by atoms with Crippen LogP contribution in [0.4, 0.5) is 0 Å². The zero-order valence-corrected chi connectivity index (χ0v) is 30.5. The van der Waals surface area contributed by atoms with Crippen molar-refractivity contribution in [3.05, 3.63) is 86.8 Å². The number of hydrogen-bond donors (Lipinski definition) is 0. The molecule has 2 aromatic carbocycles. The van der Waals surface area contributed by atoms with Crippen molar-refractivity contribution in [2.75, 3.05) is 34.6 Å². The number of benzene rings is 2. The molecular weight excluding hydrogens is 658 g/mol. The van der Waals surface area contributed by atoms with E-state index in [2.05, 4.69) is 104 Å². The molecule has 0 aliphatic carbocycles. The van der Waals surface area contributed by atoms with Gasteiger partial charge in [-0.05, 0) is 53.9 Å². The summed E-state index contributed by atoms with van der Waals surface area (Å²) < 4.78 is 59.9. The van der Waals surface area contributed by atoms with Crippen molar-refractivity contribution >= 4 is 8.07 Å². The minimum Gasteiger partial charge on any atom is 0 e. The smallest absolute Gasteiger partial charge is 0 e. The minimum absolute atomic E-state index is 0. The second-order valence-electron chi connectivity index (χ2n) is 10.3. The fourth-order valence-corrected chi connectivity index (χ4v) is 10.6. The molecule has 2 radical (unpaired) electrons. The molecule has 0 fully saturated rings. The van der Waals surface area contributed by atoms with Crippen LogP contribution in [0, 0.1) is 51.3 Å². The first-order chi connectivity index (χ1) is 22.1. The van der Waals surface area contributed by atoms with E-state index in [1.165, 1.54) is 0 Å². The maximum absolute atomic E-state index is 7.50. The molecule has 0 saturated carbocycles. The van der Waals surface area contributed by atoms with Crippen molar-refractivity contribution in [2.45, 2.75) is 64.6 Å². The number of likely N-dealkylation sites (N-methyl/N-ethyl adjacent to an activating group) is 1. The van der Waals surface area contributed by atoms with Crippen LogP contribution in [-0.2, 0) is 47.0 Å². The van der Waals surface area contributed by atoms with Gasteiger partial charge in [0.1, 0.15) is 14.6 Å². The van der Waals surface area contributed by atoms with Gasteiger partial charge < -0.3 is 18.9 Å². The summed E-state index contributed by atoms with van der Waals surface area (Å²) in [6, 6.07) is 9.96. The van der Waals surface area contributed by atoms with Crippen LogP contribution in [0.1, 0.15) is 58.2 Å². The van der Waals surface area contributed by atoms with Crippen molar-refractivity contribution in [3.8, 4) is 34.5 Å². The van der Waals surface area contributed by atoms with Crippen molar-refractivity contribution in [3.63, 3.8) is 0 Å². The van der Waals surface area contributed by atoms with E-state index in [9.17, 15) is 0 Å². The second kappa shape index (κ2) is 28.8. The van der Waals surface area contributed by atoms with Gasteiger partial charge in [-0.1, -0.05) is 59.6 Å². The summed E-state index contributed by atoms with van der Waals surface area (Å²) in [6.45, 7) is 41.0. The van der Waals surface area contributed by atoms with Gasteiger partial charge in [0.15, 0.2) is 23.0 Å². The van der Waals surface area contributed by atoms with Crippen LogP contribution in [-0.4, -0.2) is 47.6 Å². The Labute approximate surface area is 292 Å². The van der Waals surface area contributed by atoms with E-state index in [1.807, 2.05) is 31.3 Å². The van der Waals surface area contributed by atoms with Crippen LogP contribution in [0.15, 0.2) is 30.3 Å². The number of ether oxygens (including phenoxy) is 4. The largest absolute Gasteiger partial charge is 0 e. The van der Waals surface area contributed by atoms with Gasteiger partial charge in [0, 0.05) is 35.0 Å². The Balaban J connectivity index is -0.000000767. The molecule has 0 N–H and O–H groups in total. The molecule has 0 atom stereocenters. The molecule has 0 aromatic heterocycles. The molecule has 1 heterocycles. The standard InChI is InChI=1S/C30H41NO4Si.5CO.Cr/c1-21(2)36(22(3)4,23(5)6)16-14-25-18-29(33-9)28(32-8)17-24(25)13-15-31(7)19-26-11-10-12-27-30(26)35-20-34-27;5*1-2;/h10-12,17-18,21-23H,13,15,20H2,1-9H3;;;;;;. The third-order valence-electron chi connectivity index (χ3n) is 7.31. The van der Waals surface area contributed by atoms with Crippen LogP contribution in [0.25, 0.3) is 0 Å². The second-order valence-corrected chi connectivity index (χ2v) is 15.9. The molecule has 1 aliphatic heterocycles. The Bertz CT molecular complexity index is 1280. The Morgan fingerprint density at radius 3 is 1.74 bits per heavy atom. The molecule has 12 heteroatoms. The van der Waals surface area contributed by atoms with E-state index >= 15 is 0 Å². The molecule has 1 aliphatic rings. The molecular formula is C35H41CrNO9Si. The summed E-state index contributed by atoms with van der Waals surface area (Å²) in [5.41, 5.74) is 8.63. The van der Waals surface area contributed by atoms with Crippen LogP contribution < -0.4 is 18.9 Å².